The summed E-state index contributed by atoms with van der Waals surface area (Å²) in [5.41, 5.74) is 6.75. The molecule has 0 aliphatic carbocycles. The number of nitrogens with zero attached hydrogens (tertiary/aromatic N) is 1. The van der Waals surface area contributed by atoms with Crippen LogP contribution in [0.5, 0.6) is 0 Å². The Morgan fingerprint density at radius 3 is 2.75 bits per heavy atom. The van der Waals surface area contributed by atoms with Crippen molar-refractivity contribution in [3.8, 4) is 9.88 Å². The van der Waals surface area contributed by atoms with Crippen molar-refractivity contribution in [2.45, 2.75) is 0 Å². The molecule has 2 heterocycles. The van der Waals surface area contributed by atoms with Crippen LogP contribution in [0.25, 0.3) is 20.1 Å². The Morgan fingerprint density at radius 2 is 2.00 bits per heavy atom. The number of fused-ring (bicyclic) bond motifs is 1. The molecule has 3 aromatic rings. The van der Waals surface area contributed by atoms with Crippen LogP contribution < -0.4 is 5.73 Å². The van der Waals surface area contributed by atoms with Crippen molar-refractivity contribution >= 4 is 53.8 Å². The molecule has 80 valence electrons. The van der Waals surface area contributed by atoms with Crippen LogP contribution in [-0.2, 0) is 0 Å². The Hall–Kier alpha value is -0.910. The monoisotopic (exact) mass is 310 g/mol. The van der Waals surface area contributed by atoms with E-state index in [9.17, 15) is 0 Å². The standard InChI is InChI=1S/C11H7BrN2S2/c12-6-1-2-8-7(5-6)14-11(16-8)9-3-4-10(13)15-9/h1-5H,13H2. The van der Waals surface area contributed by atoms with E-state index in [1.165, 1.54) is 4.70 Å². The zero-order valence-electron chi connectivity index (χ0n) is 8.11. The van der Waals surface area contributed by atoms with Crippen molar-refractivity contribution in [2.75, 3.05) is 5.73 Å². The molecule has 0 fully saturated rings. The van der Waals surface area contributed by atoms with E-state index in [1.807, 2.05) is 24.3 Å². The van der Waals surface area contributed by atoms with Crippen LogP contribution in [0.3, 0.4) is 0 Å². The second kappa shape index (κ2) is 3.84. The van der Waals surface area contributed by atoms with E-state index in [1.54, 1.807) is 22.7 Å². The normalized spacial score (nSPS) is 11.1. The number of thiophene rings is 1. The number of rotatable bonds is 1. The van der Waals surface area contributed by atoms with Gasteiger partial charge < -0.3 is 5.73 Å². The summed E-state index contributed by atoms with van der Waals surface area (Å²) in [5.74, 6) is 0. The smallest absolute Gasteiger partial charge is 0.134 e. The number of hydrogen-bond donors (Lipinski definition) is 1. The minimum atomic E-state index is 0.829. The third-order valence-corrected chi connectivity index (χ3v) is 4.80. The van der Waals surface area contributed by atoms with Crippen molar-refractivity contribution in [3.63, 3.8) is 0 Å². The minimum absolute atomic E-state index is 0.829. The van der Waals surface area contributed by atoms with Crippen molar-refractivity contribution in [2.24, 2.45) is 0 Å². The van der Waals surface area contributed by atoms with Crippen molar-refractivity contribution in [1.82, 2.24) is 4.98 Å². The maximum Gasteiger partial charge on any atom is 0.134 e. The van der Waals surface area contributed by atoms with Crippen molar-refractivity contribution in [3.05, 3.63) is 34.8 Å². The predicted octanol–water partition coefficient (Wildman–Crippen LogP) is 4.37. The van der Waals surface area contributed by atoms with Crippen LogP contribution in [0.2, 0.25) is 0 Å². The van der Waals surface area contributed by atoms with E-state index in [-0.39, 0.29) is 0 Å². The lowest BCUT2D eigenvalue weighted by atomic mass is 10.3. The maximum atomic E-state index is 5.72. The van der Waals surface area contributed by atoms with Gasteiger partial charge in [-0.2, -0.15) is 0 Å². The average molecular weight is 311 g/mol. The third-order valence-electron chi connectivity index (χ3n) is 2.19. The van der Waals surface area contributed by atoms with Crippen LogP contribution in [-0.4, -0.2) is 4.98 Å². The van der Waals surface area contributed by atoms with Gasteiger partial charge in [0.2, 0.25) is 0 Å². The second-order valence-electron chi connectivity index (χ2n) is 3.33. The summed E-state index contributed by atoms with van der Waals surface area (Å²) in [6, 6.07) is 10.1. The Bertz CT molecular complexity index is 657. The van der Waals surface area contributed by atoms with Crippen molar-refractivity contribution in [1.29, 1.82) is 0 Å². The fourth-order valence-electron chi connectivity index (χ4n) is 1.47. The summed E-state index contributed by atoms with van der Waals surface area (Å²) in [6.45, 7) is 0. The molecule has 0 amide bonds. The molecule has 5 heteroatoms. The molecule has 0 spiro atoms. The molecule has 16 heavy (non-hydrogen) atoms. The Kier molecular flexibility index (Phi) is 2.46. The van der Waals surface area contributed by atoms with Crippen LogP contribution in [0.1, 0.15) is 0 Å². The lowest BCUT2D eigenvalue weighted by molar-refractivity contribution is 1.49. The Morgan fingerprint density at radius 1 is 1.12 bits per heavy atom. The zero-order chi connectivity index (χ0) is 11.1. The molecule has 0 saturated heterocycles. The topological polar surface area (TPSA) is 38.9 Å². The number of anilines is 1. The van der Waals surface area contributed by atoms with Crippen LogP contribution in [0, 0.1) is 0 Å². The molecule has 0 aliphatic heterocycles. The van der Waals surface area contributed by atoms with Gasteiger partial charge in [0, 0.05) is 4.47 Å². The number of nitrogens with two attached hydrogens (primary N) is 1. The summed E-state index contributed by atoms with van der Waals surface area (Å²) in [5, 5.41) is 1.87. The lowest BCUT2D eigenvalue weighted by Gasteiger charge is -1.87. The predicted molar refractivity (Wildman–Crippen MR) is 75.0 cm³/mol. The fraction of sp³-hybridized carbons (Fsp3) is 0. The summed E-state index contributed by atoms with van der Waals surface area (Å²) < 4.78 is 2.26. The molecule has 0 atom stereocenters. The van der Waals surface area contributed by atoms with Gasteiger partial charge in [-0.1, -0.05) is 15.9 Å². The average Bonchev–Trinajstić information content (AvgIpc) is 2.83. The van der Waals surface area contributed by atoms with E-state index < -0.39 is 0 Å². The minimum Gasteiger partial charge on any atom is -0.391 e. The Balaban J connectivity index is 2.18. The molecule has 0 bridgehead atoms. The number of hydrogen-bond acceptors (Lipinski definition) is 4. The highest BCUT2D eigenvalue weighted by Crippen LogP contribution is 2.35. The first-order valence-corrected chi connectivity index (χ1v) is 7.07. The van der Waals surface area contributed by atoms with E-state index in [0.29, 0.717) is 0 Å². The molecular weight excluding hydrogens is 304 g/mol. The van der Waals surface area contributed by atoms with Gasteiger partial charge in [0.15, 0.2) is 0 Å². The van der Waals surface area contributed by atoms with Crippen LogP contribution in [0.4, 0.5) is 5.00 Å². The Labute approximate surface area is 109 Å². The van der Waals surface area contributed by atoms with Gasteiger partial charge in [-0.05, 0) is 30.3 Å². The summed E-state index contributed by atoms with van der Waals surface area (Å²) >= 11 is 6.72. The van der Waals surface area contributed by atoms with Crippen LogP contribution in [0.15, 0.2) is 34.8 Å². The molecule has 1 aromatic carbocycles. The quantitative estimate of drug-likeness (QED) is 0.725. The molecule has 0 aliphatic rings. The van der Waals surface area contributed by atoms with Gasteiger partial charge in [0.25, 0.3) is 0 Å². The first kappa shape index (κ1) is 10.3. The first-order valence-electron chi connectivity index (χ1n) is 4.64. The highest BCUT2D eigenvalue weighted by Gasteiger charge is 2.08. The van der Waals surface area contributed by atoms with Crippen molar-refractivity contribution < 1.29 is 0 Å². The molecule has 3 rings (SSSR count). The molecule has 0 unspecified atom stereocenters. The highest BCUT2D eigenvalue weighted by atomic mass is 79.9. The van der Waals surface area contributed by atoms with E-state index in [0.717, 1.165) is 24.9 Å². The van der Waals surface area contributed by atoms with Crippen LogP contribution >= 0.6 is 38.6 Å². The van der Waals surface area contributed by atoms with E-state index in [2.05, 4.69) is 27.0 Å². The van der Waals surface area contributed by atoms with Gasteiger partial charge in [0.05, 0.1) is 20.1 Å². The maximum absolute atomic E-state index is 5.72. The third kappa shape index (κ3) is 1.75. The van der Waals surface area contributed by atoms with Gasteiger partial charge >= 0.3 is 0 Å². The van der Waals surface area contributed by atoms with E-state index in [4.69, 9.17) is 5.73 Å². The summed E-state index contributed by atoms with van der Waals surface area (Å²) in [4.78, 5) is 5.73. The molecule has 2 nitrogen and oxygen atoms in total. The number of halogens is 1. The molecular formula is C11H7BrN2S2. The molecule has 2 aromatic heterocycles. The highest BCUT2D eigenvalue weighted by molar-refractivity contribution is 9.10. The zero-order valence-corrected chi connectivity index (χ0v) is 11.3. The van der Waals surface area contributed by atoms with Gasteiger partial charge in [0.1, 0.15) is 5.01 Å². The fourth-order valence-corrected chi connectivity index (χ4v) is 3.60. The molecule has 0 radical (unpaired) electrons. The molecule has 2 N–H and O–H groups in total. The number of thiazole rings is 1. The van der Waals surface area contributed by atoms with E-state index >= 15 is 0 Å². The van der Waals surface area contributed by atoms with Gasteiger partial charge in [-0.3, -0.25) is 0 Å². The number of nitrogen functional groups attached to an aromatic ring is 1. The van der Waals surface area contributed by atoms with Gasteiger partial charge in [-0.15, -0.1) is 22.7 Å². The first-order chi connectivity index (χ1) is 7.72. The SMILES string of the molecule is Nc1ccc(-c2nc3cc(Br)ccc3s2)s1. The molecule has 0 saturated carbocycles. The number of aromatic nitrogens is 1. The summed E-state index contributed by atoms with van der Waals surface area (Å²) in [7, 11) is 0. The second-order valence-corrected chi connectivity index (χ2v) is 6.39. The largest absolute Gasteiger partial charge is 0.391 e. The number of benzene rings is 1. The summed E-state index contributed by atoms with van der Waals surface area (Å²) in [6.07, 6.45) is 0. The van der Waals surface area contributed by atoms with Gasteiger partial charge in [-0.25, -0.2) is 4.98 Å². The lowest BCUT2D eigenvalue weighted by Crippen LogP contribution is -1.72.